The lowest BCUT2D eigenvalue weighted by Gasteiger charge is -2.40. The highest BCUT2D eigenvalue weighted by Gasteiger charge is 2.51. The fraction of sp³-hybridized carbons (Fsp3) is 0.0189. The van der Waals surface area contributed by atoms with Crippen LogP contribution in [0.15, 0.2) is 218 Å². The molecular weight excluding hydrogens is 681 g/mol. The molecule has 9 aromatic carbocycles. The molecule has 1 aliphatic heterocycles. The average molecular weight is 717 g/mol. The fourth-order valence-corrected chi connectivity index (χ4v) is 9.09. The number of rotatable bonds is 6. The molecule has 1 spiro atoms. The third kappa shape index (κ3) is 4.91. The molecule has 0 bridgehead atoms. The van der Waals surface area contributed by atoms with Crippen molar-refractivity contribution in [1.82, 2.24) is 0 Å². The maximum atomic E-state index is 7.00. The Balaban J connectivity index is 1.20. The molecule has 1 atom stereocenters. The van der Waals surface area contributed by atoms with Crippen LogP contribution in [0.25, 0.3) is 21.9 Å². The first kappa shape index (κ1) is 32.1. The van der Waals surface area contributed by atoms with Crippen LogP contribution >= 0.6 is 0 Å². The van der Waals surface area contributed by atoms with Crippen LogP contribution < -0.4 is 14.5 Å². The smallest absolute Gasteiger partial charge is 0.132 e. The lowest BCUT2D eigenvalue weighted by atomic mass is 9.65. The molecule has 11 rings (SSSR count). The molecule has 1 unspecified atom stereocenters. The summed E-state index contributed by atoms with van der Waals surface area (Å²) < 4.78 is 7.00. The first-order valence-corrected chi connectivity index (χ1v) is 19.2. The summed E-state index contributed by atoms with van der Waals surface area (Å²) in [6.45, 7) is 0. The van der Waals surface area contributed by atoms with Crippen LogP contribution in [0.1, 0.15) is 22.3 Å². The molecule has 9 aromatic rings. The predicted octanol–water partition coefficient (Wildman–Crippen LogP) is 14.2. The highest BCUT2D eigenvalue weighted by atomic mass is 16.5. The van der Waals surface area contributed by atoms with Crippen molar-refractivity contribution in [2.24, 2.45) is 0 Å². The number of hydrogen-bond donors (Lipinski definition) is 0. The van der Waals surface area contributed by atoms with Crippen molar-refractivity contribution >= 4 is 44.9 Å². The molecule has 3 heteroatoms. The van der Waals surface area contributed by atoms with Crippen molar-refractivity contribution in [3.05, 3.63) is 241 Å². The Morgan fingerprint density at radius 3 is 1.32 bits per heavy atom. The van der Waals surface area contributed by atoms with Crippen LogP contribution in [0.3, 0.4) is 0 Å². The normalized spacial score (nSPS) is 14.6. The second-order valence-corrected chi connectivity index (χ2v) is 14.5. The van der Waals surface area contributed by atoms with E-state index < -0.39 is 5.41 Å². The first-order chi connectivity index (χ1) is 27.8. The summed E-state index contributed by atoms with van der Waals surface area (Å²) in [6, 6.07) is 78.5. The quantitative estimate of drug-likeness (QED) is 0.170. The minimum atomic E-state index is -0.656. The molecule has 0 N–H and O–H groups in total. The van der Waals surface area contributed by atoms with Gasteiger partial charge in [-0.15, -0.1) is 0 Å². The summed E-state index contributed by atoms with van der Waals surface area (Å²) in [5, 5.41) is 2.34. The van der Waals surface area contributed by atoms with Gasteiger partial charge in [0.25, 0.3) is 0 Å². The van der Waals surface area contributed by atoms with Crippen molar-refractivity contribution in [2.75, 3.05) is 9.80 Å². The highest BCUT2D eigenvalue weighted by molar-refractivity contribution is 5.95. The second-order valence-electron chi connectivity index (χ2n) is 14.5. The molecule has 0 aromatic heterocycles. The summed E-state index contributed by atoms with van der Waals surface area (Å²) in [6.07, 6.45) is 0. The molecule has 0 radical (unpaired) electrons. The van der Waals surface area contributed by atoms with Gasteiger partial charge in [-0.05, 0) is 124 Å². The van der Waals surface area contributed by atoms with Crippen molar-refractivity contribution in [3.63, 3.8) is 0 Å². The molecule has 56 heavy (non-hydrogen) atoms. The molecule has 0 saturated heterocycles. The first-order valence-electron chi connectivity index (χ1n) is 19.2. The van der Waals surface area contributed by atoms with Crippen LogP contribution in [0.2, 0.25) is 0 Å². The van der Waals surface area contributed by atoms with Gasteiger partial charge < -0.3 is 14.5 Å². The van der Waals surface area contributed by atoms with E-state index in [2.05, 4.69) is 228 Å². The van der Waals surface area contributed by atoms with Gasteiger partial charge in [0.05, 0.1) is 5.41 Å². The predicted molar refractivity (Wildman–Crippen MR) is 231 cm³/mol. The molecule has 0 fully saturated rings. The van der Waals surface area contributed by atoms with Crippen molar-refractivity contribution in [2.45, 2.75) is 5.41 Å². The number of anilines is 6. The minimum absolute atomic E-state index is 0.656. The van der Waals surface area contributed by atoms with Gasteiger partial charge in [-0.25, -0.2) is 0 Å². The van der Waals surface area contributed by atoms with E-state index in [9.17, 15) is 0 Å². The van der Waals surface area contributed by atoms with Gasteiger partial charge in [-0.1, -0.05) is 127 Å². The van der Waals surface area contributed by atoms with E-state index in [1.165, 1.54) is 27.6 Å². The summed E-state index contributed by atoms with van der Waals surface area (Å²) in [5.74, 6) is 1.74. The maximum absolute atomic E-state index is 7.00. The van der Waals surface area contributed by atoms with E-state index in [4.69, 9.17) is 4.74 Å². The lowest BCUT2D eigenvalue weighted by Crippen LogP contribution is -2.32. The fourth-order valence-electron chi connectivity index (χ4n) is 9.09. The summed E-state index contributed by atoms with van der Waals surface area (Å²) >= 11 is 0. The van der Waals surface area contributed by atoms with Gasteiger partial charge in [-0.3, -0.25) is 0 Å². The second kappa shape index (κ2) is 12.9. The number of hydrogen-bond acceptors (Lipinski definition) is 3. The molecule has 1 heterocycles. The molecule has 0 saturated carbocycles. The maximum Gasteiger partial charge on any atom is 0.132 e. The van der Waals surface area contributed by atoms with Crippen LogP contribution in [-0.2, 0) is 5.41 Å². The SMILES string of the molecule is c1ccc(N(c2ccccc2)c2ccc3c(c2)-c2ccccc2C32c3cc(N(c4ccccc4)c4ccccc4)ccc3Oc3cc4ccccc4cc32)cc1. The van der Waals surface area contributed by atoms with Crippen LogP contribution in [0.4, 0.5) is 34.1 Å². The van der Waals surface area contributed by atoms with Gasteiger partial charge in [0.1, 0.15) is 11.5 Å². The Morgan fingerprint density at radius 1 is 0.286 bits per heavy atom. The third-order valence-electron chi connectivity index (χ3n) is 11.4. The lowest BCUT2D eigenvalue weighted by molar-refractivity contribution is 0.437. The Bertz CT molecular complexity index is 2810. The highest BCUT2D eigenvalue weighted by Crippen LogP contribution is 2.63. The molecule has 264 valence electrons. The summed E-state index contributed by atoms with van der Waals surface area (Å²) in [7, 11) is 0. The average Bonchev–Trinajstić information content (AvgIpc) is 3.55. The Hall–Kier alpha value is -7.36. The topological polar surface area (TPSA) is 15.7 Å². The summed E-state index contributed by atoms with van der Waals surface area (Å²) in [4.78, 5) is 4.69. The minimum Gasteiger partial charge on any atom is -0.457 e. The Morgan fingerprint density at radius 2 is 0.732 bits per heavy atom. The van der Waals surface area contributed by atoms with Crippen molar-refractivity contribution < 1.29 is 4.74 Å². The third-order valence-corrected chi connectivity index (χ3v) is 11.4. The van der Waals surface area contributed by atoms with Crippen LogP contribution in [0, 0.1) is 0 Å². The van der Waals surface area contributed by atoms with E-state index in [1.807, 2.05) is 0 Å². The van der Waals surface area contributed by atoms with E-state index in [1.54, 1.807) is 0 Å². The molecular formula is C53H36N2O. The molecule has 2 aliphatic rings. The van der Waals surface area contributed by atoms with E-state index >= 15 is 0 Å². The van der Waals surface area contributed by atoms with E-state index in [0.29, 0.717) is 0 Å². The van der Waals surface area contributed by atoms with Crippen molar-refractivity contribution in [3.8, 4) is 22.6 Å². The van der Waals surface area contributed by atoms with Crippen LogP contribution in [0.5, 0.6) is 11.5 Å². The number of ether oxygens (including phenoxy) is 1. The molecule has 3 nitrogen and oxygen atoms in total. The standard InChI is InChI=1S/C53H36N2O/c1-5-19-39(20-6-1)54(40-21-7-2-8-22-40)43-29-31-48-46(35-43)45-27-15-16-28-47(45)53(48)49-33-37-17-13-14-18-38(37)34-52(49)56-51-32-30-44(36-50(51)53)55(41-23-9-3-10-24-41)42-25-11-4-12-26-42/h1-36H. The largest absolute Gasteiger partial charge is 0.457 e. The van der Waals surface area contributed by atoms with Gasteiger partial charge in [0, 0.05) is 45.3 Å². The number of fused-ring (bicyclic) bond motifs is 10. The zero-order valence-electron chi connectivity index (χ0n) is 30.6. The summed E-state index contributed by atoms with van der Waals surface area (Å²) in [5.41, 5.74) is 13.1. The van der Waals surface area contributed by atoms with Gasteiger partial charge in [-0.2, -0.15) is 0 Å². The molecule has 0 amide bonds. The zero-order chi connectivity index (χ0) is 37.1. The Labute approximate surface area is 326 Å². The Kier molecular flexibility index (Phi) is 7.39. The van der Waals surface area contributed by atoms with Crippen LogP contribution in [-0.4, -0.2) is 0 Å². The van der Waals surface area contributed by atoms with E-state index in [0.717, 1.165) is 62.1 Å². The number of benzene rings is 9. The zero-order valence-corrected chi connectivity index (χ0v) is 30.6. The monoisotopic (exact) mass is 716 g/mol. The number of nitrogens with zero attached hydrogens (tertiary/aromatic N) is 2. The van der Waals surface area contributed by atoms with Gasteiger partial charge in [0.2, 0.25) is 0 Å². The number of para-hydroxylation sites is 4. The van der Waals surface area contributed by atoms with Gasteiger partial charge >= 0.3 is 0 Å². The van der Waals surface area contributed by atoms with Gasteiger partial charge in [0.15, 0.2) is 0 Å². The van der Waals surface area contributed by atoms with E-state index in [-0.39, 0.29) is 0 Å². The molecule has 1 aliphatic carbocycles. The van der Waals surface area contributed by atoms with Crippen molar-refractivity contribution in [1.29, 1.82) is 0 Å².